The summed E-state index contributed by atoms with van der Waals surface area (Å²) in [5.41, 5.74) is 15.6. The third-order valence-corrected chi connectivity index (χ3v) is 9.70. The maximum Gasteiger partial charge on any atom is 0.276 e. The highest BCUT2D eigenvalue weighted by molar-refractivity contribution is 6.07. The first-order chi connectivity index (χ1) is 25.9. The van der Waals surface area contributed by atoms with E-state index in [1.54, 1.807) is 45.8 Å². The molecule has 0 spiro atoms. The number of unbranched alkanes of at least 4 members (excludes halogenated alkanes) is 1. The standard InChI is InChI=1S/C37H47N13O4/c1-6-49-28(18-22(3)45-49)33(53)43-35-41-26-20-25(32(52)40-15-14-38)10-11-27(26)47(35)16-8-9-17-48-36(44-34(54)29-19-23(4)46-50(29)7-2)42-30-21-24(31(39)51)12-13-37(30,48)5/h10-12,18-21H,6-9,13-17,38H2,1-5H3,(H2,39,51)(H,40,52)(H,41,43,53)(H,42,44,54). The Kier molecular flexibility index (Phi) is 10.8. The lowest BCUT2D eigenvalue weighted by Crippen LogP contribution is -2.52. The average Bonchev–Trinajstić information content (AvgIpc) is 3.89. The Hall–Kier alpha value is -6.10. The molecule has 1 aromatic carbocycles. The van der Waals surface area contributed by atoms with Crippen LogP contribution in [0.1, 0.15) is 82.8 Å². The van der Waals surface area contributed by atoms with E-state index >= 15 is 0 Å². The second kappa shape index (κ2) is 15.5. The van der Waals surface area contributed by atoms with E-state index in [1.807, 2.05) is 45.3 Å². The van der Waals surface area contributed by atoms with E-state index in [4.69, 9.17) is 21.4 Å². The molecule has 2 aliphatic rings. The van der Waals surface area contributed by atoms with Gasteiger partial charge in [0.1, 0.15) is 11.4 Å². The normalized spacial score (nSPS) is 16.5. The van der Waals surface area contributed by atoms with Crippen molar-refractivity contribution in [2.24, 2.45) is 16.5 Å². The molecule has 6 rings (SSSR count). The Morgan fingerprint density at radius 1 is 0.889 bits per heavy atom. The molecular weight excluding hydrogens is 690 g/mol. The minimum absolute atomic E-state index is 0.267. The first-order valence-corrected chi connectivity index (χ1v) is 18.1. The second-order valence-electron chi connectivity index (χ2n) is 13.5. The number of anilines is 1. The van der Waals surface area contributed by atoms with Crippen LogP contribution in [0.25, 0.3) is 11.0 Å². The number of aromatic nitrogens is 6. The van der Waals surface area contributed by atoms with E-state index < -0.39 is 11.4 Å². The van der Waals surface area contributed by atoms with Crippen molar-refractivity contribution in [3.8, 4) is 0 Å². The smallest absolute Gasteiger partial charge is 0.276 e. The van der Waals surface area contributed by atoms with Crippen LogP contribution in [-0.4, -0.2) is 88.8 Å². The highest BCUT2D eigenvalue weighted by atomic mass is 16.2. The predicted octanol–water partition coefficient (Wildman–Crippen LogP) is 2.37. The fraction of sp³-hybridized carbons (Fsp3) is 0.405. The molecule has 7 N–H and O–H groups in total. The Labute approximate surface area is 312 Å². The summed E-state index contributed by atoms with van der Waals surface area (Å²) in [5.74, 6) is -0.790. The fourth-order valence-electron chi connectivity index (χ4n) is 6.89. The van der Waals surface area contributed by atoms with Crippen molar-refractivity contribution in [2.75, 3.05) is 25.0 Å². The number of amides is 4. The molecule has 284 valence electrons. The largest absolute Gasteiger partial charge is 0.366 e. The van der Waals surface area contributed by atoms with Gasteiger partial charge in [0.2, 0.25) is 17.8 Å². The third kappa shape index (κ3) is 7.39. The van der Waals surface area contributed by atoms with Gasteiger partial charge in [-0.25, -0.2) is 9.98 Å². The molecule has 0 fully saturated rings. The summed E-state index contributed by atoms with van der Waals surface area (Å²) >= 11 is 0. The van der Waals surface area contributed by atoms with Gasteiger partial charge in [-0.1, -0.05) is 6.08 Å². The van der Waals surface area contributed by atoms with Gasteiger partial charge >= 0.3 is 0 Å². The Bertz CT molecular complexity index is 2220. The number of rotatable bonds is 14. The van der Waals surface area contributed by atoms with Gasteiger partial charge in [0.05, 0.1) is 33.7 Å². The number of nitrogens with zero attached hydrogens (tertiary/aromatic N) is 8. The van der Waals surface area contributed by atoms with Crippen molar-refractivity contribution in [2.45, 2.75) is 79.1 Å². The van der Waals surface area contributed by atoms with Crippen LogP contribution in [-0.2, 0) is 24.4 Å². The number of carbonyl (C=O) groups is 4. The van der Waals surface area contributed by atoms with Crippen LogP contribution >= 0.6 is 0 Å². The van der Waals surface area contributed by atoms with Crippen LogP contribution in [0, 0.1) is 13.8 Å². The topological polar surface area (TPSA) is 225 Å². The van der Waals surface area contributed by atoms with Crippen molar-refractivity contribution in [3.63, 3.8) is 0 Å². The molecule has 17 heteroatoms. The number of nitrogens with two attached hydrogens (primary N) is 2. The number of aliphatic imine (C=N–C) groups is 1. The van der Waals surface area contributed by atoms with Gasteiger partial charge in [-0.3, -0.25) is 39.2 Å². The Balaban J connectivity index is 1.25. The monoisotopic (exact) mass is 737 g/mol. The molecule has 1 unspecified atom stereocenters. The zero-order valence-corrected chi connectivity index (χ0v) is 31.3. The number of fused-ring (bicyclic) bond motifs is 2. The number of hydrogen-bond donors (Lipinski definition) is 5. The lowest BCUT2D eigenvalue weighted by molar-refractivity contribution is -0.114. The summed E-state index contributed by atoms with van der Waals surface area (Å²) in [5, 5.41) is 17.6. The van der Waals surface area contributed by atoms with Gasteiger partial charge in [0, 0.05) is 50.4 Å². The maximum absolute atomic E-state index is 13.6. The first-order valence-electron chi connectivity index (χ1n) is 18.1. The molecule has 1 atom stereocenters. The molecule has 0 radical (unpaired) electrons. The second-order valence-corrected chi connectivity index (χ2v) is 13.5. The fourth-order valence-corrected chi connectivity index (χ4v) is 6.89. The number of hydrogen-bond acceptors (Lipinski definition) is 10. The van der Waals surface area contributed by atoms with E-state index in [1.165, 1.54) is 0 Å². The molecule has 17 nitrogen and oxygen atoms in total. The van der Waals surface area contributed by atoms with Gasteiger partial charge in [-0.05, 0) is 90.3 Å². The van der Waals surface area contributed by atoms with Crippen LogP contribution in [0.3, 0.4) is 0 Å². The maximum atomic E-state index is 13.6. The van der Waals surface area contributed by atoms with Crippen LogP contribution in [0.5, 0.6) is 0 Å². The van der Waals surface area contributed by atoms with Gasteiger partial charge in [0.15, 0.2) is 0 Å². The van der Waals surface area contributed by atoms with Crippen LogP contribution in [0.4, 0.5) is 5.95 Å². The van der Waals surface area contributed by atoms with Crippen molar-refractivity contribution < 1.29 is 19.2 Å². The molecule has 3 aromatic heterocycles. The molecule has 1 aliphatic carbocycles. The van der Waals surface area contributed by atoms with Crippen LogP contribution in [0.15, 0.2) is 58.7 Å². The Morgan fingerprint density at radius 3 is 2.17 bits per heavy atom. The minimum atomic E-state index is -0.634. The molecule has 1 aliphatic heterocycles. The SMILES string of the molecule is CCn1nc(C)cc1C(=O)NC1=NC2=CC(C(N)=O)=CCC2(C)N1CCCCn1c(NC(=O)c2cc(C)nn2CC)nc2cc(C(=O)NCCN)ccc21. The zero-order chi connectivity index (χ0) is 38.7. The number of aryl methyl sites for hydroxylation is 5. The molecule has 54 heavy (non-hydrogen) atoms. The zero-order valence-electron chi connectivity index (χ0n) is 31.3. The van der Waals surface area contributed by atoms with E-state index in [0.29, 0.717) is 104 Å². The predicted molar refractivity (Wildman–Crippen MR) is 204 cm³/mol. The molecule has 4 heterocycles. The molecule has 0 saturated heterocycles. The summed E-state index contributed by atoms with van der Waals surface area (Å²) in [6.07, 6.45) is 5.25. The lowest BCUT2D eigenvalue weighted by Gasteiger charge is -2.38. The van der Waals surface area contributed by atoms with Crippen LogP contribution in [0.2, 0.25) is 0 Å². The number of carbonyl (C=O) groups excluding carboxylic acids is 4. The van der Waals surface area contributed by atoms with E-state index in [0.717, 1.165) is 16.9 Å². The van der Waals surface area contributed by atoms with Crippen LogP contribution < -0.4 is 27.4 Å². The van der Waals surface area contributed by atoms with Gasteiger partial charge in [0.25, 0.3) is 17.7 Å². The number of imidazole rings is 1. The van der Waals surface area contributed by atoms with Crippen molar-refractivity contribution in [1.29, 1.82) is 0 Å². The summed E-state index contributed by atoms with van der Waals surface area (Å²) in [6, 6.07) is 8.70. The highest BCUT2D eigenvalue weighted by Gasteiger charge is 2.44. The molecule has 4 aromatic rings. The average molecular weight is 738 g/mol. The molecule has 0 bridgehead atoms. The minimum Gasteiger partial charge on any atom is -0.366 e. The quantitative estimate of drug-likeness (QED) is 0.120. The van der Waals surface area contributed by atoms with Crippen molar-refractivity contribution in [3.05, 3.63) is 82.1 Å². The highest BCUT2D eigenvalue weighted by Crippen LogP contribution is 2.39. The van der Waals surface area contributed by atoms with Gasteiger partial charge in [-0.15, -0.1) is 0 Å². The van der Waals surface area contributed by atoms with Gasteiger partial charge < -0.3 is 26.3 Å². The molecule has 4 amide bonds. The summed E-state index contributed by atoms with van der Waals surface area (Å²) in [4.78, 5) is 63.5. The first kappa shape index (κ1) is 37.7. The summed E-state index contributed by atoms with van der Waals surface area (Å²) < 4.78 is 5.21. The summed E-state index contributed by atoms with van der Waals surface area (Å²) in [7, 11) is 0. The Morgan fingerprint density at radius 2 is 1.54 bits per heavy atom. The van der Waals surface area contributed by atoms with Crippen molar-refractivity contribution >= 4 is 46.6 Å². The lowest BCUT2D eigenvalue weighted by atomic mass is 9.86. The number of nitrogens with one attached hydrogen (secondary N) is 3. The van der Waals surface area contributed by atoms with Crippen molar-refractivity contribution in [1.82, 2.24) is 44.6 Å². The molecular formula is C37H47N13O4. The third-order valence-electron chi connectivity index (χ3n) is 9.70. The summed E-state index contributed by atoms with van der Waals surface area (Å²) in [6.45, 7) is 12.2. The van der Waals surface area contributed by atoms with E-state index in [2.05, 4.69) is 31.0 Å². The number of benzene rings is 1. The van der Waals surface area contributed by atoms with E-state index in [9.17, 15) is 19.2 Å². The van der Waals surface area contributed by atoms with Gasteiger partial charge in [-0.2, -0.15) is 10.2 Å². The number of guanidine groups is 1. The molecule has 0 saturated carbocycles. The van der Waals surface area contributed by atoms with E-state index in [-0.39, 0.29) is 17.7 Å². The number of primary amides is 1.